The van der Waals surface area contributed by atoms with Crippen molar-refractivity contribution in [1.82, 2.24) is 4.98 Å². The number of nitriles is 1. The predicted molar refractivity (Wildman–Crippen MR) is 118 cm³/mol. The first-order chi connectivity index (χ1) is 15.5. The number of aromatic nitrogens is 1. The monoisotopic (exact) mass is 444 g/mol. The molecule has 2 unspecified atom stereocenters. The van der Waals surface area contributed by atoms with Crippen LogP contribution in [0.1, 0.15) is 17.2 Å². The van der Waals surface area contributed by atoms with Gasteiger partial charge in [0.25, 0.3) is 5.69 Å². The molecule has 1 aliphatic heterocycles. The molecule has 2 N–H and O–H groups in total. The van der Waals surface area contributed by atoms with Gasteiger partial charge in [0.2, 0.25) is 5.88 Å². The molecule has 32 heavy (non-hydrogen) atoms. The van der Waals surface area contributed by atoms with Crippen LogP contribution < -0.4 is 5.73 Å². The molecule has 0 aliphatic carbocycles. The molecule has 0 saturated carbocycles. The molecule has 0 radical (unpaired) electrons. The van der Waals surface area contributed by atoms with Crippen molar-refractivity contribution >= 4 is 22.2 Å². The Labute approximate surface area is 185 Å². The smallest absolute Gasteiger partial charge is 0.269 e. The van der Waals surface area contributed by atoms with Gasteiger partial charge in [-0.15, -0.1) is 0 Å². The molecule has 9 heteroatoms. The lowest BCUT2D eigenvalue weighted by atomic mass is 9.89. The quantitative estimate of drug-likeness (QED) is 0.465. The van der Waals surface area contributed by atoms with Crippen LogP contribution in [-0.2, 0) is 15.5 Å². The fourth-order valence-electron chi connectivity index (χ4n) is 3.39. The maximum atomic E-state index is 13.8. The fourth-order valence-corrected chi connectivity index (χ4v) is 4.81. The second-order valence-electron chi connectivity index (χ2n) is 6.76. The zero-order chi connectivity index (χ0) is 22.7. The predicted octanol–water partition coefficient (Wildman–Crippen LogP) is 3.97. The van der Waals surface area contributed by atoms with E-state index in [-0.39, 0.29) is 27.8 Å². The van der Waals surface area contributed by atoms with Gasteiger partial charge in [-0.25, -0.2) is 4.21 Å². The molecule has 0 saturated heterocycles. The van der Waals surface area contributed by atoms with Crippen LogP contribution in [0.25, 0.3) is 5.76 Å². The Bertz CT molecular complexity index is 1300. The van der Waals surface area contributed by atoms with Gasteiger partial charge in [0.05, 0.1) is 26.5 Å². The van der Waals surface area contributed by atoms with Crippen molar-refractivity contribution in [2.75, 3.05) is 0 Å². The normalized spacial score (nSPS) is 16.8. The second-order valence-corrected chi connectivity index (χ2v) is 8.21. The number of nitro benzene ring substituents is 1. The van der Waals surface area contributed by atoms with Gasteiger partial charge in [-0.2, -0.15) is 5.26 Å². The summed E-state index contributed by atoms with van der Waals surface area (Å²) in [5.41, 5.74) is 7.21. The van der Waals surface area contributed by atoms with E-state index < -0.39 is 21.6 Å². The van der Waals surface area contributed by atoms with Crippen LogP contribution in [0, 0.1) is 21.4 Å². The summed E-state index contributed by atoms with van der Waals surface area (Å²) in [6, 6.07) is 21.7. The highest BCUT2D eigenvalue weighted by Gasteiger charge is 2.37. The van der Waals surface area contributed by atoms with Crippen molar-refractivity contribution < 1.29 is 13.9 Å². The number of pyridine rings is 1. The number of nitrogens with zero attached hydrogens (tertiary/aromatic N) is 3. The van der Waals surface area contributed by atoms with Crippen LogP contribution in [0.5, 0.6) is 0 Å². The Kier molecular flexibility index (Phi) is 5.79. The van der Waals surface area contributed by atoms with Crippen molar-refractivity contribution in [3.05, 3.63) is 117 Å². The number of ether oxygens (including phenoxy) is 1. The molecule has 2 atom stereocenters. The van der Waals surface area contributed by atoms with E-state index in [4.69, 9.17) is 10.5 Å². The Morgan fingerprint density at radius 1 is 1.06 bits per heavy atom. The minimum Gasteiger partial charge on any atom is -0.437 e. The van der Waals surface area contributed by atoms with Gasteiger partial charge in [-0.3, -0.25) is 15.1 Å². The third-order valence-electron chi connectivity index (χ3n) is 4.86. The highest BCUT2D eigenvalue weighted by atomic mass is 32.2. The summed E-state index contributed by atoms with van der Waals surface area (Å²) in [5.74, 6) is -0.651. The van der Waals surface area contributed by atoms with E-state index >= 15 is 0 Å². The molecular formula is C23H16N4O4S. The molecule has 158 valence electrons. The van der Waals surface area contributed by atoms with Gasteiger partial charge in [-0.05, 0) is 29.8 Å². The van der Waals surface area contributed by atoms with Gasteiger partial charge >= 0.3 is 0 Å². The van der Waals surface area contributed by atoms with Crippen LogP contribution in [0.4, 0.5) is 5.69 Å². The van der Waals surface area contributed by atoms with Gasteiger partial charge < -0.3 is 10.5 Å². The first kappa shape index (κ1) is 21.0. The van der Waals surface area contributed by atoms with Gasteiger partial charge in [-0.1, -0.05) is 36.4 Å². The fraction of sp³-hybridized carbons (Fsp3) is 0.0435. The first-order valence-corrected chi connectivity index (χ1v) is 10.6. The molecule has 2 aromatic carbocycles. The second kappa shape index (κ2) is 8.83. The van der Waals surface area contributed by atoms with E-state index in [1.165, 1.54) is 24.3 Å². The molecule has 0 bridgehead atoms. The maximum Gasteiger partial charge on any atom is 0.269 e. The van der Waals surface area contributed by atoms with Crippen molar-refractivity contribution in [3.8, 4) is 6.07 Å². The zero-order valence-electron chi connectivity index (χ0n) is 16.5. The molecular weight excluding hydrogens is 428 g/mol. The standard InChI is InChI=1S/C23H16N4O4S/c24-14-18-20(15-6-2-1-3-7-15)22(21(31-23(18)25)19-8-4-5-13-26-19)32(30)17-11-9-16(10-12-17)27(28)29/h1-13,20H,25H2. The van der Waals surface area contributed by atoms with E-state index in [9.17, 15) is 19.6 Å². The molecule has 1 aromatic heterocycles. The van der Waals surface area contributed by atoms with Crippen LogP contribution in [0.3, 0.4) is 0 Å². The molecule has 0 spiro atoms. The third-order valence-corrected chi connectivity index (χ3v) is 6.39. The van der Waals surface area contributed by atoms with E-state index in [0.29, 0.717) is 16.2 Å². The summed E-state index contributed by atoms with van der Waals surface area (Å²) < 4.78 is 19.6. The topological polar surface area (TPSA) is 132 Å². The van der Waals surface area contributed by atoms with Gasteiger partial charge in [0.1, 0.15) is 17.3 Å². The Balaban J connectivity index is 1.95. The zero-order valence-corrected chi connectivity index (χ0v) is 17.4. The van der Waals surface area contributed by atoms with Gasteiger partial charge in [0, 0.05) is 23.2 Å². The highest BCUT2D eigenvalue weighted by Crippen LogP contribution is 2.44. The lowest BCUT2D eigenvalue weighted by Crippen LogP contribution is -2.23. The maximum absolute atomic E-state index is 13.8. The van der Waals surface area contributed by atoms with Gasteiger partial charge in [0.15, 0.2) is 5.76 Å². The van der Waals surface area contributed by atoms with Crippen molar-refractivity contribution in [3.63, 3.8) is 0 Å². The average Bonchev–Trinajstić information content (AvgIpc) is 2.84. The minimum absolute atomic E-state index is 0.0912. The number of hydrogen-bond acceptors (Lipinski definition) is 7. The third kappa shape index (κ3) is 3.87. The lowest BCUT2D eigenvalue weighted by Gasteiger charge is -2.28. The SMILES string of the molecule is N#CC1=C(N)OC(c2ccccn2)=C(S(=O)c2ccc([N+](=O)[O-])cc2)C1c1ccccc1. The average molecular weight is 444 g/mol. The number of benzene rings is 2. The molecule has 4 rings (SSSR count). The Hall–Kier alpha value is -4.29. The molecule has 2 heterocycles. The number of hydrogen-bond donors (Lipinski definition) is 1. The van der Waals surface area contributed by atoms with Crippen LogP contribution >= 0.6 is 0 Å². The number of nitrogens with two attached hydrogens (primary N) is 1. The summed E-state index contributed by atoms with van der Waals surface area (Å²) in [6.45, 7) is 0. The minimum atomic E-state index is -1.84. The van der Waals surface area contributed by atoms with Crippen LogP contribution in [0.15, 0.2) is 100 Å². The Morgan fingerprint density at radius 3 is 2.34 bits per heavy atom. The molecule has 0 amide bonds. The van der Waals surface area contributed by atoms with Crippen molar-refractivity contribution in [1.29, 1.82) is 5.26 Å². The summed E-state index contributed by atoms with van der Waals surface area (Å²) >= 11 is 0. The number of allylic oxidation sites excluding steroid dienone is 2. The molecule has 1 aliphatic rings. The molecule has 3 aromatic rings. The molecule has 8 nitrogen and oxygen atoms in total. The van der Waals surface area contributed by atoms with Crippen molar-refractivity contribution in [2.45, 2.75) is 10.8 Å². The number of nitro groups is 1. The number of rotatable bonds is 5. The highest BCUT2D eigenvalue weighted by molar-refractivity contribution is 7.89. The summed E-state index contributed by atoms with van der Waals surface area (Å²) in [5, 5.41) is 20.8. The first-order valence-electron chi connectivity index (χ1n) is 9.45. The number of non-ortho nitro benzene ring substituents is 1. The van der Waals surface area contributed by atoms with E-state index in [0.717, 1.165) is 0 Å². The summed E-state index contributed by atoms with van der Waals surface area (Å²) in [4.78, 5) is 15.4. The van der Waals surface area contributed by atoms with E-state index in [1.807, 2.05) is 30.3 Å². The largest absolute Gasteiger partial charge is 0.437 e. The molecule has 0 fully saturated rings. The summed E-state index contributed by atoms with van der Waals surface area (Å²) in [6.07, 6.45) is 1.56. The van der Waals surface area contributed by atoms with E-state index in [2.05, 4.69) is 11.1 Å². The Morgan fingerprint density at radius 2 is 1.75 bits per heavy atom. The summed E-state index contributed by atoms with van der Waals surface area (Å²) in [7, 11) is -1.84. The van der Waals surface area contributed by atoms with E-state index in [1.54, 1.807) is 24.4 Å². The van der Waals surface area contributed by atoms with Crippen LogP contribution in [-0.4, -0.2) is 14.1 Å². The van der Waals surface area contributed by atoms with Crippen LogP contribution in [0.2, 0.25) is 0 Å². The van der Waals surface area contributed by atoms with Crippen molar-refractivity contribution in [2.24, 2.45) is 5.73 Å². The lowest BCUT2D eigenvalue weighted by molar-refractivity contribution is -0.384.